The second-order valence-corrected chi connectivity index (χ2v) is 5.34. The number of benzene rings is 2. The van der Waals surface area contributed by atoms with Crippen LogP contribution in [0.1, 0.15) is 31.9 Å². The van der Waals surface area contributed by atoms with E-state index in [1.807, 2.05) is 6.07 Å². The number of hydrogen-bond donors (Lipinski definition) is 0. The van der Waals surface area contributed by atoms with Crippen LogP contribution >= 0.6 is 0 Å². The van der Waals surface area contributed by atoms with E-state index in [9.17, 15) is 0 Å². The van der Waals surface area contributed by atoms with Crippen molar-refractivity contribution in [1.29, 1.82) is 0 Å². The minimum atomic E-state index is 1.05. The third-order valence-electron chi connectivity index (χ3n) is 3.89. The molecule has 0 amide bonds. The molecule has 0 aliphatic heterocycles. The van der Waals surface area contributed by atoms with Gasteiger partial charge >= 0.3 is 0 Å². The van der Waals surface area contributed by atoms with Crippen LogP contribution in [0.3, 0.4) is 0 Å². The van der Waals surface area contributed by atoms with Crippen molar-refractivity contribution >= 4 is 17.3 Å². The highest BCUT2D eigenvalue weighted by Crippen LogP contribution is 2.20. The average Bonchev–Trinajstić information content (AvgIpc) is 2.57. The van der Waals surface area contributed by atoms with Crippen LogP contribution in [-0.2, 0) is 0 Å². The van der Waals surface area contributed by atoms with Gasteiger partial charge < -0.3 is 4.90 Å². The summed E-state index contributed by atoms with van der Waals surface area (Å²) in [6.07, 6.45) is 6.41. The van der Waals surface area contributed by atoms with Crippen molar-refractivity contribution in [2.75, 3.05) is 18.0 Å². The van der Waals surface area contributed by atoms with Crippen molar-refractivity contribution in [1.82, 2.24) is 0 Å². The van der Waals surface area contributed by atoms with Crippen LogP contribution in [0.15, 0.2) is 66.7 Å². The standard InChI is InChI=1S/C21H25N/c1-4-22(5-2)21-16-14-20(15-17-21)18(3)10-9-13-19-11-7-6-8-12-19/h6-17H,4-5H2,1-3H3/b13-9+,18-10+. The van der Waals surface area contributed by atoms with E-state index in [4.69, 9.17) is 0 Å². The van der Waals surface area contributed by atoms with Gasteiger partial charge in [-0.3, -0.25) is 0 Å². The molecule has 0 heterocycles. The third kappa shape index (κ3) is 4.36. The number of nitrogens with zero attached hydrogens (tertiary/aromatic N) is 1. The Morgan fingerprint density at radius 2 is 1.55 bits per heavy atom. The molecule has 1 heteroatoms. The number of allylic oxidation sites excluding steroid dienone is 3. The molecule has 2 aromatic rings. The Balaban J connectivity index is 2.07. The first kappa shape index (κ1) is 16.1. The van der Waals surface area contributed by atoms with Gasteiger partial charge in [0.15, 0.2) is 0 Å². The van der Waals surface area contributed by atoms with Gasteiger partial charge in [0.1, 0.15) is 0 Å². The van der Waals surface area contributed by atoms with E-state index in [2.05, 4.69) is 92.4 Å². The van der Waals surface area contributed by atoms with E-state index in [-0.39, 0.29) is 0 Å². The summed E-state index contributed by atoms with van der Waals surface area (Å²) in [4.78, 5) is 2.36. The normalized spacial score (nSPS) is 11.9. The molecule has 2 aromatic carbocycles. The molecule has 0 spiro atoms. The van der Waals surface area contributed by atoms with Gasteiger partial charge in [0.25, 0.3) is 0 Å². The molecule has 0 fully saturated rings. The summed E-state index contributed by atoms with van der Waals surface area (Å²) in [7, 11) is 0. The van der Waals surface area contributed by atoms with E-state index in [0.717, 1.165) is 13.1 Å². The van der Waals surface area contributed by atoms with Crippen LogP contribution in [0.25, 0.3) is 11.6 Å². The maximum atomic E-state index is 2.36. The molecule has 0 aliphatic rings. The Labute approximate surface area is 134 Å². The first-order valence-electron chi connectivity index (χ1n) is 8.00. The average molecular weight is 291 g/mol. The van der Waals surface area contributed by atoms with E-state index < -0.39 is 0 Å². The van der Waals surface area contributed by atoms with Gasteiger partial charge in [-0.2, -0.15) is 0 Å². The van der Waals surface area contributed by atoms with E-state index in [1.54, 1.807) is 0 Å². The molecule has 0 radical (unpaired) electrons. The van der Waals surface area contributed by atoms with Gasteiger partial charge in [-0.05, 0) is 49.6 Å². The molecule has 22 heavy (non-hydrogen) atoms. The lowest BCUT2D eigenvalue weighted by molar-refractivity contribution is 0.866. The number of rotatable bonds is 6. The maximum absolute atomic E-state index is 2.36. The topological polar surface area (TPSA) is 3.24 Å². The first-order valence-corrected chi connectivity index (χ1v) is 8.00. The van der Waals surface area contributed by atoms with Crippen LogP contribution in [-0.4, -0.2) is 13.1 Å². The van der Waals surface area contributed by atoms with Crippen molar-refractivity contribution in [3.8, 4) is 0 Å². The molecular formula is C21H25N. The highest BCUT2D eigenvalue weighted by molar-refractivity contribution is 5.68. The van der Waals surface area contributed by atoms with Crippen LogP contribution in [0.5, 0.6) is 0 Å². The number of anilines is 1. The predicted molar refractivity (Wildman–Crippen MR) is 99.1 cm³/mol. The summed E-state index contributed by atoms with van der Waals surface area (Å²) >= 11 is 0. The van der Waals surface area contributed by atoms with E-state index in [1.165, 1.54) is 22.4 Å². The van der Waals surface area contributed by atoms with Gasteiger partial charge in [-0.15, -0.1) is 0 Å². The Morgan fingerprint density at radius 1 is 0.909 bits per heavy atom. The van der Waals surface area contributed by atoms with E-state index in [0.29, 0.717) is 0 Å². The monoisotopic (exact) mass is 291 g/mol. The quantitative estimate of drug-likeness (QED) is 0.622. The fourth-order valence-corrected chi connectivity index (χ4v) is 2.49. The minimum absolute atomic E-state index is 1.05. The molecule has 0 N–H and O–H groups in total. The van der Waals surface area contributed by atoms with Crippen molar-refractivity contribution in [2.45, 2.75) is 20.8 Å². The summed E-state index contributed by atoms with van der Waals surface area (Å²) in [5, 5.41) is 0. The van der Waals surface area contributed by atoms with Crippen LogP contribution in [0.4, 0.5) is 5.69 Å². The molecule has 114 valence electrons. The van der Waals surface area contributed by atoms with Crippen LogP contribution < -0.4 is 4.90 Å². The maximum Gasteiger partial charge on any atom is 0.0366 e. The first-order chi connectivity index (χ1) is 10.7. The second kappa shape index (κ2) is 8.23. The highest BCUT2D eigenvalue weighted by Gasteiger charge is 2.01. The van der Waals surface area contributed by atoms with Gasteiger partial charge in [-0.1, -0.05) is 60.7 Å². The van der Waals surface area contributed by atoms with Crippen molar-refractivity contribution in [3.05, 3.63) is 77.9 Å². The summed E-state index contributed by atoms with van der Waals surface area (Å²) < 4.78 is 0. The summed E-state index contributed by atoms with van der Waals surface area (Å²) in [6.45, 7) is 8.63. The molecule has 0 saturated carbocycles. The second-order valence-electron chi connectivity index (χ2n) is 5.34. The molecule has 0 aromatic heterocycles. The highest BCUT2D eigenvalue weighted by atomic mass is 15.1. The minimum Gasteiger partial charge on any atom is -0.372 e. The molecular weight excluding hydrogens is 266 g/mol. The lowest BCUT2D eigenvalue weighted by atomic mass is 10.1. The molecule has 0 atom stereocenters. The zero-order valence-corrected chi connectivity index (χ0v) is 13.8. The molecule has 0 unspecified atom stereocenters. The largest absolute Gasteiger partial charge is 0.372 e. The predicted octanol–water partition coefficient (Wildman–Crippen LogP) is 5.65. The fraction of sp³-hybridized carbons (Fsp3) is 0.238. The van der Waals surface area contributed by atoms with Gasteiger partial charge in [0.05, 0.1) is 0 Å². The summed E-state index contributed by atoms with van der Waals surface area (Å²) in [6, 6.07) is 19.2. The zero-order valence-electron chi connectivity index (χ0n) is 13.8. The lowest BCUT2D eigenvalue weighted by Gasteiger charge is -2.21. The van der Waals surface area contributed by atoms with E-state index >= 15 is 0 Å². The van der Waals surface area contributed by atoms with Crippen LogP contribution in [0.2, 0.25) is 0 Å². The van der Waals surface area contributed by atoms with Crippen molar-refractivity contribution < 1.29 is 0 Å². The molecule has 2 rings (SSSR count). The molecule has 0 saturated heterocycles. The molecule has 0 aliphatic carbocycles. The molecule has 1 nitrogen and oxygen atoms in total. The smallest absolute Gasteiger partial charge is 0.0366 e. The Kier molecular flexibility index (Phi) is 6.02. The SMILES string of the molecule is CCN(CC)c1ccc(/C(C)=C/C=C/c2ccccc2)cc1. The van der Waals surface area contributed by atoms with Gasteiger partial charge in [-0.25, -0.2) is 0 Å². The van der Waals surface area contributed by atoms with Crippen molar-refractivity contribution in [2.24, 2.45) is 0 Å². The fourth-order valence-electron chi connectivity index (χ4n) is 2.49. The zero-order chi connectivity index (χ0) is 15.8. The molecule has 0 bridgehead atoms. The summed E-state index contributed by atoms with van der Waals surface area (Å²) in [5.41, 5.74) is 5.07. The van der Waals surface area contributed by atoms with Gasteiger partial charge in [0.2, 0.25) is 0 Å². The van der Waals surface area contributed by atoms with Gasteiger partial charge in [0, 0.05) is 18.8 Å². The number of hydrogen-bond acceptors (Lipinski definition) is 1. The Morgan fingerprint density at radius 3 is 2.14 bits per heavy atom. The van der Waals surface area contributed by atoms with Crippen molar-refractivity contribution in [3.63, 3.8) is 0 Å². The van der Waals surface area contributed by atoms with Crippen LogP contribution in [0, 0.1) is 0 Å². The lowest BCUT2D eigenvalue weighted by Crippen LogP contribution is -2.21. The third-order valence-corrected chi connectivity index (χ3v) is 3.89. The Hall–Kier alpha value is -2.28. The summed E-state index contributed by atoms with van der Waals surface area (Å²) in [5.74, 6) is 0. The Bertz CT molecular complexity index is 617.